The number of hydrogen-bond donors (Lipinski definition) is 2. The molecule has 0 atom stereocenters. The quantitative estimate of drug-likeness (QED) is 0.840. The lowest BCUT2D eigenvalue weighted by Gasteiger charge is -2.02. The number of halogens is 2. The average molecular weight is 331 g/mol. The fourth-order valence-electron chi connectivity index (χ4n) is 1.39. The third-order valence-corrected chi connectivity index (χ3v) is 3.11. The molecule has 0 saturated carbocycles. The lowest BCUT2D eigenvalue weighted by atomic mass is 10.1. The highest BCUT2D eigenvalue weighted by atomic mass is 79.9. The number of aromatic nitrogens is 2. The van der Waals surface area contributed by atoms with Gasteiger partial charge < -0.3 is 5.73 Å². The summed E-state index contributed by atoms with van der Waals surface area (Å²) in [6, 6.07) is 6.02. The van der Waals surface area contributed by atoms with Crippen molar-refractivity contribution in [1.82, 2.24) is 10.2 Å². The molecule has 0 aliphatic heterocycles. The molecule has 2 aromatic rings. The summed E-state index contributed by atoms with van der Waals surface area (Å²) in [6.45, 7) is 1.95. The van der Waals surface area contributed by atoms with Gasteiger partial charge in [-0.25, -0.2) is 0 Å². The molecule has 0 aliphatic rings. The van der Waals surface area contributed by atoms with Crippen LogP contribution in [0, 0.1) is 6.92 Å². The Hall–Kier alpha value is -0.810. The molecule has 0 amide bonds. The van der Waals surface area contributed by atoms with Crippen molar-refractivity contribution in [3.63, 3.8) is 0 Å². The van der Waals surface area contributed by atoms with Crippen LogP contribution in [0.2, 0.25) is 0 Å². The third kappa shape index (κ3) is 2.08. The van der Waals surface area contributed by atoms with Crippen molar-refractivity contribution in [3.05, 3.63) is 32.7 Å². The fraction of sp³-hybridized carbons (Fsp3) is 0.100. The minimum absolute atomic E-state index is 0.543. The fourth-order valence-corrected chi connectivity index (χ4v) is 2.68. The normalized spacial score (nSPS) is 10.6. The van der Waals surface area contributed by atoms with Crippen molar-refractivity contribution < 1.29 is 0 Å². The maximum atomic E-state index is 5.69. The average Bonchev–Trinajstić information content (AvgIpc) is 2.46. The van der Waals surface area contributed by atoms with Gasteiger partial charge in [-0.3, -0.25) is 5.10 Å². The number of nitrogens with two attached hydrogens (primary N) is 1. The van der Waals surface area contributed by atoms with Gasteiger partial charge in [0.2, 0.25) is 0 Å². The standard InChI is InChI=1S/C10H9Br2N3/c1-5-9(14-15-10(5)13)6-2-7(11)4-8(12)3-6/h2-4H,1H3,(H3,13,14,15). The van der Waals surface area contributed by atoms with Gasteiger partial charge in [-0.1, -0.05) is 31.9 Å². The predicted molar refractivity (Wildman–Crippen MR) is 68.6 cm³/mol. The summed E-state index contributed by atoms with van der Waals surface area (Å²) in [7, 11) is 0. The van der Waals surface area contributed by atoms with Crippen LogP contribution in [0.25, 0.3) is 11.3 Å². The van der Waals surface area contributed by atoms with E-state index in [1.54, 1.807) is 0 Å². The molecule has 15 heavy (non-hydrogen) atoms. The zero-order valence-electron chi connectivity index (χ0n) is 8.01. The first-order valence-electron chi connectivity index (χ1n) is 4.35. The molecule has 0 spiro atoms. The number of H-pyrrole nitrogens is 1. The van der Waals surface area contributed by atoms with Crippen molar-refractivity contribution >= 4 is 37.7 Å². The van der Waals surface area contributed by atoms with E-state index in [4.69, 9.17) is 5.73 Å². The largest absolute Gasteiger partial charge is 0.382 e. The summed E-state index contributed by atoms with van der Waals surface area (Å²) in [5.41, 5.74) is 8.67. The Labute approximate surface area is 104 Å². The Bertz CT molecular complexity index is 485. The van der Waals surface area contributed by atoms with Crippen LogP contribution in [0.5, 0.6) is 0 Å². The van der Waals surface area contributed by atoms with Gasteiger partial charge in [0.1, 0.15) is 5.82 Å². The Balaban J connectivity index is 2.58. The number of hydrogen-bond acceptors (Lipinski definition) is 2. The van der Waals surface area contributed by atoms with Gasteiger partial charge in [0.25, 0.3) is 0 Å². The van der Waals surface area contributed by atoms with Crippen LogP contribution in [-0.4, -0.2) is 10.2 Å². The Morgan fingerprint density at radius 1 is 1.20 bits per heavy atom. The second kappa shape index (κ2) is 3.98. The minimum Gasteiger partial charge on any atom is -0.382 e. The number of rotatable bonds is 1. The Morgan fingerprint density at radius 3 is 2.27 bits per heavy atom. The van der Waals surface area contributed by atoms with Crippen LogP contribution in [0.4, 0.5) is 5.82 Å². The van der Waals surface area contributed by atoms with Crippen molar-refractivity contribution in [1.29, 1.82) is 0 Å². The summed E-state index contributed by atoms with van der Waals surface area (Å²) in [5.74, 6) is 0.543. The lowest BCUT2D eigenvalue weighted by Crippen LogP contribution is -1.86. The first-order chi connectivity index (χ1) is 7.08. The number of nitrogen functional groups attached to an aromatic ring is 1. The molecule has 2 rings (SSSR count). The number of nitrogens with one attached hydrogen (secondary N) is 1. The molecule has 0 bridgehead atoms. The highest BCUT2D eigenvalue weighted by Gasteiger charge is 2.09. The topological polar surface area (TPSA) is 54.7 Å². The maximum Gasteiger partial charge on any atom is 0.148 e. The molecule has 1 aromatic heterocycles. The molecule has 0 saturated heterocycles. The first-order valence-corrected chi connectivity index (χ1v) is 5.93. The van der Waals surface area contributed by atoms with Gasteiger partial charge in [0.05, 0.1) is 5.69 Å². The Kier molecular flexibility index (Phi) is 2.84. The highest BCUT2D eigenvalue weighted by molar-refractivity contribution is 9.11. The van der Waals surface area contributed by atoms with Gasteiger partial charge >= 0.3 is 0 Å². The number of anilines is 1. The molecule has 0 aliphatic carbocycles. The van der Waals surface area contributed by atoms with Crippen LogP contribution in [-0.2, 0) is 0 Å². The number of benzene rings is 1. The monoisotopic (exact) mass is 329 g/mol. The second-order valence-corrected chi connectivity index (χ2v) is 5.10. The van der Waals surface area contributed by atoms with E-state index in [0.717, 1.165) is 25.8 Å². The Morgan fingerprint density at radius 2 is 1.80 bits per heavy atom. The zero-order valence-corrected chi connectivity index (χ0v) is 11.2. The van der Waals surface area contributed by atoms with E-state index in [2.05, 4.69) is 42.1 Å². The zero-order chi connectivity index (χ0) is 11.0. The van der Waals surface area contributed by atoms with Crippen molar-refractivity contribution in [2.75, 3.05) is 5.73 Å². The van der Waals surface area contributed by atoms with Gasteiger partial charge in [0, 0.05) is 20.1 Å². The number of nitrogens with zero attached hydrogens (tertiary/aromatic N) is 1. The van der Waals surface area contributed by atoms with Crippen LogP contribution in [0.3, 0.4) is 0 Å². The summed E-state index contributed by atoms with van der Waals surface area (Å²) < 4.78 is 2.03. The van der Waals surface area contributed by atoms with E-state index in [-0.39, 0.29) is 0 Å². The molecule has 1 aromatic carbocycles. The van der Waals surface area contributed by atoms with E-state index >= 15 is 0 Å². The molecular formula is C10H9Br2N3. The molecule has 0 fully saturated rings. The third-order valence-electron chi connectivity index (χ3n) is 2.20. The van der Waals surface area contributed by atoms with E-state index < -0.39 is 0 Å². The van der Waals surface area contributed by atoms with Crippen molar-refractivity contribution in [3.8, 4) is 11.3 Å². The van der Waals surface area contributed by atoms with Gasteiger partial charge in [-0.05, 0) is 25.1 Å². The van der Waals surface area contributed by atoms with E-state index in [9.17, 15) is 0 Å². The molecule has 78 valence electrons. The summed E-state index contributed by atoms with van der Waals surface area (Å²) >= 11 is 6.89. The second-order valence-electron chi connectivity index (χ2n) is 3.27. The smallest absolute Gasteiger partial charge is 0.148 e. The van der Waals surface area contributed by atoms with Crippen LogP contribution in [0.1, 0.15) is 5.56 Å². The molecule has 0 unspecified atom stereocenters. The van der Waals surface area contributed by atoms with Crippen LogP contribution >= 0.6 is 31.9 Å². The van der Waals surface area contributed by atoms with Crippen LogP contribution in [0.15, 0.2) is 27.1 Å². The number of aromatic amines is 1. The lowest BCUT2D eigenvalue weighted by molar-refractivity contribution is 1.10. The van der Waals surface area contributed by atoms with Crippen molar-refractivity contribution in [2.24, 2.45) is 0 Å². The molecular weight excluding hydrogens is 322 g/mol. The molecule has 1 heterocycles. The minimum atomic E-state index is 0.543. The molecule has 0 radical (unpaired) electrons. The van der Waals surface area contributed by atoms with Gasteiger partial charge in [-0.2, -0.15) is 5.10 Å². The SMILES string of the molecule is Cc1c(N)n[nH]c1-c1cc(Br)cc(Br)c1. The van der Waals surface area contributed by atoms with Gasteiger partial charge in [0.15, 0.2) is 0 Å². The first kappa shape index (κ1) is 10.7. The van der Waals surface area contributed by atoms with E-state index in [1.165, 1.54) is 0 Å². The molecule has 5 heteroatoms. The predicted octanol–water partition coefficient (Wildman–Crippen LogP) is 3.49. The molecule has 3 N–H and O–H groups in total. The van der Waals surface area contributed by atoms with Crippen LogP contribution < -0.4 is 5.73 Å². The molecule has 3 nitrogen and oxygen atoms in total. The maximum absolute atomic E-state index is 5.69. The summed E-state index contributed by atoms with van der Waals surface area (Å²) in [5, 5.41) is 6.90. The summed E-state index contributed by atoms with van der Waals surface area (Å²) in [6.07, 6.45) is 0. The highest BCUT2D eigenvalue weighted by Crippen LogP contribution is 2.29. The van der Waals surface area contributed by atoms with Gasteiger partial charge in [-0.15, -0.1) is 0 Å². The van der Waals surface area contributed by atoms with Crippen molar-refractivity contribution in [2.45, 2.75) is 6.92 Å². The van der Waals surface area contributed by atoms with E-state index in [1.807, 2.05) is 25.1 Å². The van der Waals surface area contributed by atoms with E-state index in [0.29, 0.717) is 5.82 Å². The summed E-state index contributed by atoms with van der Waals surface area (Å²) in [4.78, 5) is 0.